The molecule has 120 valence electrons. The molecule has 0 bridgehead atoms. The van der Waals surface area contributed by atoms with Gasteiger partial charge < -0.3 is 9.84 Å². The van der Waals surface area contributed by atoms with E-state index in [2.05, 4.69) is 0 Å². The van der Waals surface area contributed by atoms with Crippen molar-refractivity contribution >= 4 is 10.0 Å². The van der Waals surface area contributed by atoms with Crippen molar-refractivity contribution in [3.05, 3.63) is 29.8 Å². The molecule has 1 aromatic rings. The first-order valence-electron chi connectivity index (χ1n) is 6.01. The molecule has 0 aliphatic rings. The Morgan fingerprint density at radius 3 is 2.38 bits per heavy atom. The van der Waals surface area contributed by atoms with Crippen molar-refractivity contribution in [2.45, 2.75) is 11.1 Å². The number of benzene rings is 1. The van der Waals surface area contributed by atoms with Gasteiger partial charge in [0.05, 0.1) is 23.7 Å². The number of nitrogens with zero attached hydrogens (tertiary/aromatic N) is 1. The molecule has 0 heterocycles. The lowest BCUT2D eigenvalue weighted by atomic mass is 10.2. The van der Waals surface area contributed by atoms with E-state index in [-0.39, 0.29) is 19.7 Å². The predicted molar refractivity (Wildman–Crippen MR) is 69.2 cm³/mol. The van der Waals surface area contributed by atoms with Gasteiger partial charge in [0, 0.05) is 20.2 Å². The number of aliphatic hydroxyl groups excluding tert-OH is 1. The molecule has 21 heavy (non-hydrogen) atoms. The molecule has 0 fully saturated rings. The number of hydrogen-bond donors (Lipinski definition) is 1. The summed E-state index contributed by atoms with van der Waals surface area (Å²) in [7, 11) is -3.04. The van der Waals surface area contributed by atoms with Crippen LogP contribution in [0.15, 0.2) is 29.2 Å². The molecule has 0 radical (unpaired) electrons. The largest absolute Gasteiger partial charge is 0.417 e. The standard InChI is InChI=1S/C12H16F3NO4S/c1-20-9-7-16(6-8-17)21(18,19)11-5-3-2-4-10(11)12(13,14)15/h2-5,17H,6-9H2,1H3. The van der Waals surface area contributed by atoms with E-state index in [0.717, 1.165) is 16.4 Å². The number of rotatable bonds is 7. The average Bonchev–Trinajstić information content (AvgIpc) is 2.42. The molecule has 1 aromatic carbocycles. The molecule has 0 spiro atoms. The zero-order valence-electron chi connectivity index (χ0n) is 11.3. The third kappa shape index (κ3) is 4.40. The first kappa shape index (κ1) is 17.9. The fraction of sp³-hybridized carbons (Fsp3) is 0.500. The lowest BCUT2D eigenvalue weighted by Gasteiger charge is -2.23. The molecule has 0 saturated heterocycles. The SMILES string of the molecule is COCCN(CCO)S(=O)(=O)c1ccccc1C(F)(F)F. The quantitative estimate of drug-likeness (QED) is 0.821. The molecule has 0 unspecified atom stereocenters. The summed E-state index contributed by atoms with van der Waals surface area (Å²) >= 11 is 0. The molecular weight excluding hydrogens is 311 g/mol. The van der Waals surface area contributed by atoms with Gasteiger partial charge in [-0.15, -0.1) is 0 Å². The van der Waals surface area contributed by atoms with Crippen LogP contribution in [0.4, 0.5) is 13.2 Å². The van der Waals surface area contributed by atoms with Gasteiger partial charge in [0.25, 0.3) is 0 Å². The van der Waals surface area contributed by atoms with Crippen LogP contribution in [0.2, 0.25) is 0 Å². The highest BCUT2D eigenvalue weighted by Crippen LogP contribution is 2.35. The predicted octanol–water partition coefficient (Wildman–Crippen LogP) is 1.33. The van der Waals surface area contributed by atoms with Gasteiger partial charge in [0.15, 0.2) is 0 Å². The van der Waals surface area contributed by atoms with E-state index in [0.29, 0.717) is 6.07 Å². The minimum absolute atomic E-state index is 0.00736. The van der Waals surface area contributed by atoms with Crippen molar-refractivity contribution in [3.63, 3.8) is 0 Å². The summed E-state index contributed by atoms with van der Waals surface area (Å²) in [5, 5.41) is 8.91. The third-order valence-corrected chi connectivity index (χ3v) is 4.66. The Hall–Kier alpha value is -1.16. The molecule has 0 atom stereocenters. The topological polar surface area (TPSA) is 66.8 Å². The van der Waals surface area contributed by atoms with Gasteiger partial charge in [-0.3, -0.25) is 0 Å². The monoisotopic (exact) mass is 327 g/mol. The number of methoxy groups -OCH3 is 1. The maximum Gasteiger partial charge on any atom is 0.417 e. The number of halogens is 3. The van der Waals surface area contributed by atoms with Gasteiger partial charge >= 0.3 is 6.18 Å². The van der Waals surface area contributed by atoms with E-state index in [1.165, 1.54) is 13.2 Å². The molecule has 1 N–H and O–H groups in total. The van der Waals surface area contributed by atoms with Crippen molar-refractivity contribution in [2.24, 2.45) is 0 Å². The first-order valence-corrected chi connectivity index (χ1v) is 7.45. The van der Waals surface area contributed by atoms with Gasteiger partial charge in [0.1, 0.15) is 0 Å². The fourth-order valence-electron chi connectivity index (χ4n) is 1.72. The van der Waals surface area contributed by atoms with E-state index in [1.807, 2.05) is 0 Å². The van der Waals surface area contributed by atoms with Gasteiger partial charge in [-0.2, -0.15) is 17.5 Å². The minimum atomic E-state index is -4.78. The van der Waals surface area contributed by atoms with Crippen LogP contribution in [0.1, 0.15) is 5.56 Å². The Morgan fingerprint density at radius 2 is 1.86 bits per heavy atom. The second-order valence-electron chi connectivity index (χ2n) is 4.11. The Balaban J connectivity index is 3.28. The molecule has 1 rings (SSSR count). The smallest absolute Gasteiger partial charge is 0.395 e. The van der Waals surface area contributed by atoms with Gasteiger partial charge in [0.2, 0.25) is 10.0 Å². The molecule has 0 aliphatic heterocycles. The van der Waals surface area contributed by atoms with E-state index in [4.69, 9.17) is 9.84 Å². The van der Waals surface area contributed by atoms with E-state index < -0.39 is 33.3 Å². The molecular formula is C12H16F3NO4S. The maximum absolute atomic E-state index is 12.9. The zero-order chi connectivity index (χ0) is 16.1. The zero-order valence-corrected chi connectivity index (χ0v) is 12.1. The normalized spacial score (nSPS) is 12.9. The van der Waals surface area contributed by atoms with E-state index >= 15 is 0 Å². The van der Waals surface area contributed by atoms with Gasteiger partial charge in [-0.05, 0) is 12.1 Å². The molecule has 9 heteroatoms. The minimum Gasteiger partial charge on any atom is -0.395 e. The van der Waals surface area contributed by atoms with Crippen molar-refractivity contribution in [3.8, 4) is 0 Å². The maximum atomic E-state index is 12.9. The van der Waals surface area contributed by atoms with Gasteiger partial charge in [-0.1, -0.05) is 12.1 Å². The average molecular weight is 327 g/mol. The summed E-state index contributed by atoms with van der Waals surface area (Å²) in [6.45, 7) is -0.950. The van der Waals surface area contributed by atoms with Crippen molar-refractivity contribution in [2.75, 3.05) is 33.4 Å². The highest BCUT2D eigenvalue weighted by Gasteiger charge is 2.38. The van der Waals surface area contributed by atoms with Crippen LogP contribution in [0.3, 0.4) is 0 Å². The van der Waals surface area contributed by atoms with Crippen molar-refractivity contribution < 1.29 is 31.4 Å². The molecule has 5 nitrogen and oxygen atoms in total. The number of aliphatic hydroxyl groups is 1. The lowest BCUT2D eigenvalue weighted by molar-refractivity contribution is -0.139. The second kappa shape index (κ2) is 7.21. The fourth-order valence-corrected chi connectivity index (χ4v) is 3.35. The third-order valence-electron chi connectivity index (χ3n) is 2.70. The van der Waals surface area contributed by atoms with Crippen LogP contribution in [0.25, 0.3) is 0 Å². The molecule has 0 amide bonds. The summed E-state index contributed by atoms with van der Waals surface area (Å²) in [5.41, 5.74) is -1.23. The number of hydrogen-bond acceptors (Lipinski definition) is 4. The van der Waals surface area contributed by atoms with Crippen LogP contribution in [0, 0.1) is 0 Å². The van der Waals surface area contributed by atoms with Crippen LogP contribution in [-0.2, 0) is 20.9 Å². The second-order valence-corrected chi connectivity index (χ2v) is 6.02. The highest BCUT2D eigenvalue weighted by atomic mass is 32.2. The van der Waals surface area contributed by atoms with Crippen LogP contribution < -0.4 is 0 Å². The Kier molecular flexibility index (Phi) is 6.14. The summed E-state index contributed by atoms with van der Waals surface area (Å²) in [6, 6.07) is 3.94. The molecule has 0 aromatic heterocycles. The highest BCUT2D eigenvalue weighted by molar-refractivity contribution is 7.89. The van der Waals surface area contributed by atoms with Crippen molar-refractivity contribution in [1.29, 1.82) is 0 Å². The van der Waals surface area contributed by atoms with Gasteiger partial charge in [-0.25, -0.2) is 8.42 Å². The Bertz CT molecular complexity index is 560. The van der Waals surface area contributed by atoms with Crippen LogP contribution in [0.5, 0.6) is 0 Å². The first-order chi connectivity index (χ1) is 9.75. The van der Waals surface area contributed by atoms with E-state index in [1.54, 1.807) is 0 Å². The number of alkyl halides is 3. The molecule has 0 aliphatic carbocycles. The van der Waals surface area contributed by atoms with Crippen LogP contribution >= 0.6 is 0 Å². The van der Waals surface area contributed by atoms with Crippen molar-refractivity contribution in [1.82, 2.24) is 4.31 Å². The summed E-state index contributed by atoms with van der Waals surface area (Å²) in [5.74, 6) is 0. The Morgan fingerprint density at radius 1 is 1.24 bits per heavy atom. The lowest BCUT2D eigenvalue weighted by Crippen LogP contribution is -2.37. The summed E-state index contributed by atoms with van der Waals surface area (Å²) in [6.07, 6.45) is -4.78. The molecule has 0 saturated carbocycles. The number of ether oxygens (including phenoxy) is 1. The summed E-state index contributed by atoms with van der Waals surface area (Å²) in [4.78, 5) is -0.831. The Labute approximate surface area is 121 Å². The van der Waals surface area contributed by atoms with Crippen LogP contribution in [-0.4, -0.2) is 51.2 Å². The van der Waals surface area contributed by atoms with E-state index in [9.17, 15) is 21.6 Å². The summed E-state index contributed by atoms with van der Waals surface area (Å²) < 4.78 is 69.0. The number of sulfonamides is 1.